The van der Waals surface area contributed by atoms with Gasteiger partial charge in [-0.1, -0.05) is 6.07 Å². The summed E-state index contributed by atoms with van der Waals surface area (Å²) >= 11 is 0. The molecule has 0 aliphatic heterocycles. The van der Waals surface area contributed by atoms with E-state index in [1.54, 1.807) is 13.1 Å². The van der Waals surface area contributed by atoms with Crippen LogP contribution in [0, 0.1) is 5.82 Å². The highest BCUT2D eigenvalue weighted by atomic mass is 19.4. The smallest absolute Gasteiger partial charge is 0.357 e. The second-order valence-corrected chi connectivity index (χ2v) is 4.79. The number of rotatable bonds is 5. The maximum absolute atomic E-state index is 14.0. The van der Waals surface area contributed by atoms with Crippen molar-refractivity contribution in [1.29, 1.82) is 0 Å². The van der Waals surface area contributed by atoms with Crippen molar-refractivity contribution >= 4 is 5.69 Å². The predicted octanol–water partition coefficient (Wildman–Crippen LogP) is 3.08. The molecule has 106 valence electrons. The van der Waals surface area contributed by atoms with Gasteiger partial charge in [0.15, 0.2) is 0 Å². The zero-order valence-corrected chi connectivity index (χ0v) is 10.6. The first-order valence-corrected chi connectivity index (χ1v) is 6.17. The van der Waals surface area contributed by atoms with Crippen LogP contribution >= 0.6 is 0 Å². The van der Waals surface area contributed by atoms with Crippen molar-refractivity contribution < 1.29 is 17.6 Å². The molecule has 1 N–H and O–H groups in total. The van der Waals surface area contributed by atoms with Crippen LogP contribution in [0.5, 0.6) is 0 Å². The molecule has 0 amide bonds. The van der Waals surface area contributed by atoms with Crippen LogP contribution in [0.15, 0.2) is 18.2 Å². The molecule has 0 heterocycles. The van der Waals surface area contributed by atoms with Gasteiger partial charge in [-0.25, -0.2) is 4.39 Å². The molecule has 1 aliphatic rings. The molecule has 1 aliphatic carbocycles. The second-order valence-electron chi connectivity index (χ2n) is 4.79. The van der Waals surface area contributed by atoms with Crippen LogP contribution in [-0.4, -0.2) is 25.8 Å². The van der Waals surface area contributed by atoms with Crippen molar-refractivity contribution in [2.75, 3.05) is 18.5 Å². The molecule has 0 saturated heterocycles. The molecular formula is C13H16F4N2. The molecule has 1 aromatic carbocycles. The third-order valence-electron chi connectivity index (χ3n) is 3.04. The highest BCUT2D eigenvalue weighted by Crippen LogP contribution is 2.35. The average Bonchev–Trinajstić information content (AvgIpc) is 3.09. The monoisotopic (exact) mass is 276 g/mol. The summed E-state index contributed by atoms with van der Waals surface area (Å²) in [7, 11) is 1.73. The van der Waals surface area contributed by atoms with Gasteiger partial charge >= 0.3 is 6.18 Å². The first-order chi connectivity index (χ1) is 8.90. The summed E-state index contributed by atoms with van der Waals surface area (Å²) < 4.78 is 51.6. The molecular weight excluding hydrogens is 260 g/mol. The van der Waals surface area contributed by atoms with Crippen molar-refractivity contribution in [2.24, 2.45) is 0 Å². The highest BCUT2D eigenvalue weighted by Gasteiger charge is 2.39. The quantitative estimate of drug-likeness (QED) is 0.831. The number of halogens is 4. The molecule has 0 atom stereocenters. The van der Waals surface area contributed by atoms with Gasteiger partial charge in [0.05, 0.1) is 5.69 Å². The summed E-state index contributed by atoms with van der Waals surface area (Å²) in [5.74, 6) is -0.594. The maximum atomic E-state index is 14.0. The summed E-state index contributed by atoms with van der Waals surface area (Å²) in [6, 6.07) is 4.19. The molecule has 6 heteroatoms. The van der Waals surface area contributed by atoms with Gasteiger partial charge in [-0.15, -0.1) is 0 Å². The van der Waals surface area contributed by atoms with E-state index < -0.39 is 18.5 Å². The normalized spacial score (nSPS) is 15.6. The zero-order valence-electron chi connectivity index (χ0n) is 10.6. The van der Waals surface area contributed by atoms with Crippen molar-refractivity contribution in [3.63, 3.8) is 0 Å². The molecule has 2 rings (SSSR count). The molecule has 1 aromatic rings. The lowest BCUT2D eigenvalue weighted by atomic mass is 10.1. The van der Waals surface area contributed by atoms with E-state index in [2.05, 4.69) is 5.32 Å². The Labute approximate surface area is 109 Å². The molecule has 0 unspecified atom stereocenters. The lowest BCUT2D eigenvalue weighted by Gasteiger charge is -2.26. The van der Waals surface area contributed by atoms with Gasteiger partial charge in [-0.05, 0) is 37.6 Å². The van der Waals surface area contributed by atoms with Crippen molar-refractivity contribution in [2.45, 2.75) is 31.6 Å². The molecule has 1 fully saturated rings. The predicted molar refractivity (Wildman–Crippen MR) is 65.6 cm³/mol. The Hall–Kier alpha value is -1.30. The third kappa shape index (κ3) is 3.83. The third-order valence-corrected chi connectivity index (χ3v) is 3.04. The van der Waals surface area contributed by atoms with Gasteiger partial charge in [0.1, 0.15) is 12.4 Å². The summed E-state index contributed by atoms with van der Waals surface area (Å²) in [6.07, 6.45) is -2.94. The number of benzene rings is 1. The van der Waals surface area contributed by atoms with E-state index in [1.807, 2.05) is 0 Å². The van der Waals surface area contributed by atoms with E-state index in [4.69, 9.17) is 0 Å². The number of hydrogen-bond donors (Lipinski definition) is 1. The summed E-state index contributed by atoms with van der Waals surface area (Å²) in [6.45, 7) is -0.611. The lowest BCUT2D eigenvalue weighted by Crippen LogP contribution is -2.36. The minimum Gasteiger partial charge on any atom is -0.357 e. The summed E-state index contributed by atoms with van der Waals surface area (Å²) in [5, 5.41) is 2.87. The Morgan fingerprint density at radius 1 is 1.32 bits per heavy atom. The Morgan fingerprint density at radius 3 is 2.47 bits per heavy atom. The molecule has 0 radical (unpaired) electrons. The van der Waals surface area contributed by atoms with Crippen LogP contribution in [0.2, 0.25) is 0 Å². The number of nitrogens with one attached hydrogen (secondary N) is 1. The van der Waals surface area contributed by atoms with Crippen LogP contribution in [-0.2, 0) is 6.54 Å². The highest BCUT2D eigenvalue weighted by molar-refractivity contribution is 5.51. The van der Waals surface area contributed by atoms with Gasteiger partial charge < -0.3 is 10.2 Å². The van der Waals surface area contributed by atoms with Crippen LogP contribution < -0.4 is 10.2 Å². The largest absolute Gasteiger partial charge is 0.405 e. The van der Waals surface area contributed by atoms with Gasteiger partial charge in [-0.2, -0.15) is 13.2 Å². The molecule has 0 aromatic heterocycles. The summed E-state index contributed by atoms with van der Waals surface area (Å²) in [4.78, 5) is 1.12. The van der Waals surface area contributed by atoms with Gasteiger partial charge in [0.2, 0.25) is 0 Å². The van der Waals surface area contributed by atoms with E-state index in [1.165, 1.54) is 12.1 Å². The van der Waals surface area contributed by atoms with Crippen LogP contribution in [0.3, 0.4) is 0 Å². The Kier molecular flexibility index (Phi) is 3.99. The zero-order chi connectivity index (χ0) is 14.0. The molecule has 0 bridgehead atoms. The Bertz CT molecular complexity index is 441. The van der Waals surface area contributed by atoms with Gasteiger partial charge in [-0.3, -0.25) is 0 Å². The number of anilines is 1. The Morgan fingerprint density at radius 2 is 2.00 bits per heavy atom. The lowest BCUT2D eigenvalue weighted by molar-refractivity contribution is -0.120. The van der Waals surface area contributed by atoms with E-state index in [0.29, 0.717) is 24.9 Å². The summed E-state index contributed by atoms with van der Waals surface area (Å²) in [5.41, 5.74) is 0.756. The second kappa shape index (κ2) is 5.36. The van der Waals surface area contributed by atoms with Crippen molar-refractivity contribution in [3.8, 4) is 0 Å². The van der Waals surface area contributed by atoms with E-state index in [-0.39, 0.29) is 11.7 Å². The van der Waals surface area contributed by atoms with E-state index in [0.717, 1.165) is 4.90 Å². The van der Waals surface area contributed by atoms with Crippen molar-refractivity contribution in [3.05, 3.63) is 29.6 Å². The first kappa shape index (κ1) is 14.1. The fourth-order valence-electron chi connectivity index (χ4n) is 2.09. The number of alkyl halides is 3. The molecule has 2 nitrogen and oxygen atoms in total. The standard InChI is InChI=1S/C13H16F4N2/c1-18-7-9-2-5-12(11(14)6-9)19(10-3-4-10)8-13(15,16)17/h2,5-6,10,18H,3-4,7-8H2,1H3. The molecule has 19 heavy (non-hydrogen) atoms. The van der Waals surface area contributed by atoms with Gasteiger partial charge in [0.25, 0.3) is 0 Å². The minimum atomic E-state index is -4.32. The topological polar surface area (TPSA) is 15.3 Å². The molecule has 0 spiro atoms. The van der Waals surface area contributed by atoms with Gasteiger partial charge in [0, 0.05) is 12.6 Å². The van der Waals surface area contributed by atoms with E-state index in [9.17, 15) is 17.6 Å². The SMILES string of the molecule is CNCc1ccc(N(CC(F)(F)F)C2CC2)c(F)c1. The average molecular weight is 276 g/mol. The molecule has 1 saturated carbocycles. The van der Waals surface area contributed by atoms with Crippen LogP contribution in [0.4, 0.5) is 23.2 Å². The Balaban J connectivity index is 2.21. The van der Waals surface area contributed by atoms with Crippen molar-refractivity contribution in [1.82, 2.24) is 5.32 Å². The maximum Gasteiger partial charge on any atom is 0.405 e. The van der Waals surface area contributed by atoms with E-state index >= 15 is 0 Å². The fourth-order valence-corrected chi connectivity index (χ4v) is 2.09. The number of hydrogen-bond acceptors (Lipinski definition) is 2. The van der Waals surface area contributed by atoms with Crippen LogP contribution in [0.25, 0.3) is 0 Å². The number of nitrogens with zero attached hydrogens (tertiary/aromatic N) is 1. The first-order valence-electron chi connectivity index (χ1n) is 6.17. The van der Waals surface area contributed by atoms with Crippen LogP contribution in [0.1, 0.15) is 18.4 Å². The fraction of sp³-hybridized carbons (Fsp3) is 0.538. The minimum absolute atomic E-state index is 0.0414.